The molecule has 0 unspecified atom stereocenters. The number of hydrogen-bond donors (Lipinski definition) is 2. The molecule has 2 rings (SSSR count). The maximum atomic E-state index is 10.7. The van der Waals surface area contributed by atoms with Crippen molar-refractivity contribution in [1.29, 1.82) is 0 Å². The Morgan fingerprint density at radius 3 is 1.48 bits per heavy atom. The van der Waals surface area contributed by atoms with Gasteiger partial charge >= 0.3 is 27.3 Å². The molecule has 0 aliphatic heterocycles. The SMILES string of the molecule is O.O.O=C([O-])c1cccc(CNCCNCc2cccc(C(=O)[O-])n2)n1.[Cd+2]. The van der Waals surface area contributed by atoms with Crippen LogP contribution in [0.3, 0.4) is 0 Å². The smallest absolute Gasteiger partial charge is 0.543 e. The molecule has 10 nitrogen and oxygen atoms in total. The standard InChI is InChI=1S/C16H18N4O4.Cd.2H2O/c21-15(22)13-5-1-3-11(19-13)9-17-7-8-18-10-12-4-2-6-14(20-12)16(23)24;;;/h1-6,17-18H,7-10H2,(H,21,22)(H,23,24);;2*1H2/q;+2;;/p-2. The third kappa shape index (κ3) is 9.48. The molecule has 2 aromatic rings. The summed E-state index contributed by atoms with van der Waals surface area (Å²) in [5, 5.41) is 27.7. The van der Waals surface area contributed by atoms with Crippen LogP contribution in [-0.2, 0) is 40.4 Å². The normalized spacial score (nSPS) is 9.33. The number of hydrogen-bond acceptors (Lipinski definition) is 8. The minimum Gasteiger partial charge on any atom is -0.543 e. The van der Waals surface area contributed by atoms with Gasteiger partial charge in [-0.15, -0.1) is 0 Å². The average Bonchev–Trinajstić information content (AvgIpc) is 2.58. The summed E-state index contributed by atoms with van der Waals surface area (Å²) < 4.78 is 0. The van der Waals surface area contributed by atoms with Crippen LogP contribution < -0.4 is 20.8 Å². The molecule has 0 atom stereocenters. The van der Waals surface area contributed by atoms with Gasteiger partial charge in [-0.1, -0.05) is 12.1 Å². The predicted molar refractivity (Wildman–Crippen MR) is 87.8 cm³/mol. The van der Waals surface area contributed by atoms with Gasteiger partial charge < -0.3 is 41.4 Å². The summed E-state index contributed by atoms with van der Waals surface area (Å²) in [5.41, 5.74) is 1.04. The van der Waals surface area contributed by atoms with E-state index in [4.69, 9.17) is 0 Å². The van der Waals surface area contributed by atoms with Crippen LogP contribution in [0.2, 0.25) is 0 Å². The molecule has 2 heterocycles. The van der Waals surface area contributed by atoms with E-state index in [0.717, 1.165) is 0 Å². The van der Waals surface area contributed by atoms with Crippen LogP contribution >= 0.6 is 0 Å². The van der Waals surface area contributed by atoms with E-state index >= 15 is 0 Å². The first-order chi connectivity index (χ1) is 11.6. The van der Waals surface area contributed by atoms with Gasteiger partial charge in [-0.25, -0.2) is 0 Å². The maximum Gasteiger partial charge on any atom is 2.00 e. The summed E-state index contributed by atoms with van der Waals surface area (Å²) >= 11 is 0. The number of carboxylic acids is 2. The Kier molecular flexibility index (Phi) is 14.2. The number of carboxylic acid groups (broad SMARTS) is 2. The number of pyridine rings is 2. The van der Waals surface area contributed by atoms with Gasteiger partial charge in [0.15, 0.2) is 0 Å². The van der Waals surface area contributed by atoms with Gasteiger partial charge in [0.25, 0.3) is 0 Å². The number of aromatic carboxylic acids is 2. The van der Waals surface area contributed by atoms with Crippen molar-refractivity contribution >= 4 is 11.9 Å². The van der Waals surface area contributed by atoms with Crippen molar-refractivity contribution in [3.05, 3.63) is 59.2 Å². The molecule has 142 valence electrons. The van der Waals surface area contributed by atoms with Crippen LogP contribution in [0.1, 0.15) is 32.4 Å². The van der Waals surface area contributed by atoms with Crippen molar-refractivity contribution < 1.29 is 58.1 Å². The Labute approximate surface area is 175 Å². The van der Waals surface area contributed by atoms with Crippen molar-refractivity contribution in [1.82, 2.24) is 20.6 Å². The molecular weight excluding hydrogens is 457 g/mol. The molecule has 0 spiro atoms. The maximum absolute atomic E-state index is 10.7. The van der Waals surface area contributed by atoms with Crippen LogP contribution in [0.25, 0.3) is 0 Å². The van der Waals surface area contributed by atoms with E-state index in [0.29, 0.717) is 37.6 Å². The van der Waals surface area contributed by atoms with E-state index in [9.17, 15) is 19.8 Å². The molecule has 0 saturated carbocycles. The Hall–Kier alpha value is -2.00. The molecule has 27 heavy (non-hydrogen) atoms. The van der Waals surface area contributed by atoms with E-state index in [1.165, 1.54) is 12.1 Å². The van der Waals surface area contributed by atoms with Crippen molar-refractivity contribution in [2.24, 2.45) is 0 Å². The van der Waals surface area contributed by atoms with Gasteiger partial charge in [0.1, 0.15) is 0 Å². The fraction of sp³-hybridized carbons (Fsp3) is 0.250. The Bertz CT molecular complexity index is 670. The monoisotopic (exact) mass is 478 g/mol. The van der Waals surface area contributed by atoms with Gasteiger partial charge in [0, 0.05) is 26.2 Å². The van der Waals surface area contributed by atoms with E-state index in [2.05, 4.69) is 20.6 Å². The van der Waals surface area contributed by atoms with E-state index in [-0.39, 0.29) is 49.6 Å². The quantitative estimate of drug-likeness (QED) is 0.274. The van der Waals surface area contributed by atoms with Crippen molar-refractivity contribution in [3.63, 3.8) is 0 Å². The average molecular weight is 477 g/mol. The molecule has 0 bridgehead atoms. The van der Waals surface area contributed by atoms with E-state index in [1.54, 1.807) is 24.3 Å². The van der Waals surface area contributed by atoms with Crippen molar-refractivity contribution in [3.8, 4) is 0 Å². The minimum absolute atomic E-state index is 0. The summed E-state index contributed by atoms with van der Waals surface area (Å²) in [6.45, 7) is 2.11. The van der Waals surface area contributed by atoms with Gasteiger partial charge in [0.2, 0.25) is 0 Å². The number of nitrogens with zero attached hydrogens (tertiary/aromatic N) is 2. The predicted octanol–water partition coefficient (Wildman–Crippen LogP) is -3.57. The van der Waals surface area contributed by atoms with Crippen LogP contribution in [0.4, 0.5) is 0 Å². The molecule has 0 aromatic carbocycles. The zero-order valence-electron chi connectivity index (χ0n) is 14.5. The van der Waals surface area contributed by atoms with Gasteiger partial charge in [-0.05, 0) is 24.3 Å². The first kappa shape index (κ1) is 27.2. The summed E-state index contributed by atoms with van der Waals surface area (Å²) in [6, 6.07) is 9.44. The summed E-state index contributed by atoms with van der Waals surface area (Å²) in [7, 11) is 0. The van der Waals surface area contributed by atoms with Gasteiger partial charge in [-0.2, -0.15) is 0 Å². The zero-order valence-corrected chi connectivity index (χ0v) is 18.6. The second-order valence-electron chi connectivity index (χ2n) is 4.96. The fourth-order valence-corrected chi connectivity index (χ4v) is 1.99. The third-order valence-corrected chi connectivity index (χ3v) is 3.12. The number of nitrogens with one attached hydrogen (secondary N) is 2. The Morgan fingerprint density at radius 2 is 1.15 bits per heavy atom. The van der Waals surface area contributed by atoms with Gasteiger partial charge in [0.05, 0.1) is 34.7 Å². The molecule has 0 fully saturated rings. The Morgan fingerprint density at radius 1 is 0.778 bits per heavy atom. The summed E-state index contributed by atoms with van der Waals surface area (Å²) in [5.74, 6) is -2.60. The molecule has 11 heteroatoms. The van der Waals surface area contributed by atoms with Crippen molar-refractivity contribution in [2.75, 3.05) is 13.1 Å². The summed E-state index contributed by atoms with van der Waals surface area (Å²) in [6.07, 6.45) is 0. The molecule has 0 aliphatic carbocycles. The first-order valence-corrected chi connectivity index (χ1v) is 7.32. The van der Waals surface area contributed by atoms with Crippen LogP contribution in [0.15, 0.2) is 36.4 Å². The molecule has 0 radical (unpaired) electrons. The second-order valence-corrected chi connectivity index (χ2v) is 4.96. The third-order valence-electron chi connectivity index (χ3n) is 3.12. The van der Waals surface area contributed by atoms with Crippen LogP contribution in [0, 0.1) is 0 Å². The first-order valence-electron chi connectivity index (χ1n) is 7.32. The topological polar surface area (TPSA) is 193 Å². The number of rotatable bonds is 9. The number of carbonyl (C=O) groups excluding carboxylic acids is 2. The van der Waals surface area contributed by atoms with Crippen LogP contribution in [0.5, 0.6) is 0 Å². The molecule has 0 amide bonds. The minimum atomic E-state index is -1.30. The fourth-order valence-electron chi connectivity index (χ4n) is 1.99. The Balaban J connectivity index is 0. The van der Waals surface area contributed by atoms with Crippen molar-refractivity contribution in [2.45, 2.75) is 13.1 Å². The largest absolute Gasteiger partial charge is 2.00 e. The second kappa shape index (κ2) is 14.1. The summed E-state index contributed by atoms with van der Waals surface area (Å²) in [4.78, 5) is 29.3. The molecule has 0 saturated heterocycles. The van der Waals surface area contributed by atoms with Gasteiger partial charge in [-0.3, -0.25) is 9.97 Å². The molecular formula is C16H20CdN4O6. The molecule has 6 N–H and O–H groups in total. The van der Waals surface area contributed by atoms with E-state index < -0.39 is 11.9 Å². The van der Waals surface area contributed by atoms with E-state index in [1.807, 2.05) is 0 Å². The number of carbonyl (C=O) groups is 2. The van der Waals surface area contributed by atoms with Crippen LogP contribution in [-0.4, -0.2) is 45.9 Å². The zero-order chi connectivity index (χ0) is 17.4. The number of aromatic nitrogens is 2. The molecule has 0 aliphatic rings. The molecule has 2 aromatic heterocycles.